The Hall–Kier alpha value is -2.18. The molecule has 0 spiro atoms. The predicted molar refractivity (Wildman–Crippen MR) is 61.2 cm³/mol. The van der Waals surface area contributed by atoms with Gasteiger partial charge in [0.25, 0.3) is 5.95 Å². The van der Waals surface area contributed by atoms with Crippen LogP contribution in [-0.2, 0) is 17.9 Å². The van der Waals surface area contributed by atoms with Crippen molar-refractivity contribution >= 4 is 11.9 Å². The monoisotopic (exact) mass is 234 g/mol. The van der Waals surface area contributed by atoms with Crippen LogP contribution in [0.2, 0.25) is 0 Å². The first-order valence-corrected chi connectivity index (χ1v) is 5.46. The third-order valence-electron chi connectivity index (χ3n) is 2.25. The standard InChI is InChI=1S/C10H14N6O/c1-2-16-13-10(12-14-16)11-9(17)5-8-15-6-3-4-7-15/h3-4,6-7H,2,5,8H2,1H3,(H,11,13,17). The number of carbonyl (C=O) groups is 1. The molecule has 0 aromatic carbocycles. The molecule has 2 aromatic rings. The molecule has 0 bridgehead atoms. The normalized spacial score (nSPS) is 10.4. The zero-order chi connectivity index (χ0) is 12.1. The number of aryl methyl sites for hydroxylation is 2. The van der Waals surface area contributed by atoms with Gasteiger partial charge in [-0.25, -0.2) is 0 Å². The lowest BCUT2D eigenvalue weighted by molar-refractivity contribution is -0.116. The first-order valence-electron chi connectivity index (χ1n) is 5.46. The third kappa shape index (κ3) is 3.13. The van der Waals surface area contributed by atoms with Gasteiger partial charge < -0.3 is 4.57 Å². The lowest BCUT2D eigenvalue weighted by atomic mass is 10.4. The van der Waals surface area contributed by atoms with Crippen LogP contribution in [0, 0.1) is 0 Å². The average Bonchev–Trinajstić information content (AvgIpc) is 2.97. The van der Waals surface area contributed by atoms with Gasteiger partial charge in [-0.1, -0.05) is 5.10 Å². The molecule has 0 aliphatic rings. The first-order chi connectivity index (χ1) is 8.28. The van der Waals surface area contributed by atoms with Crippen LogP contribution in [0.3, 0.4) is 0 Å². The van der Waals surface area contributed by atoms with Gasteiger partial charge in [0.1, 0.15) is 0 Å². The van der Waals surface area contributed by atoms with Crippen LogP contribution in [0.25, 0.3) is 0 Å². The quantitative estimate of drug-likeness (QED) is 0.818. The molecule has 0 aliphatic carbocycles. The molecule has 2 heterocycles. The van der Waals surface area contributed by atoms with Gasteiger partial charge in [0.2, 0.25) is 5.91 Å². The highest BCUT2D eigenvalue weighted by Gasteiger charge is 2.06. The number of amides is 1. The fourth-order valence-electron chi connectivity index (χ4n) is 1.36. The van der Waals surface area contributed by atoms with E-state index in [0.717, 1.165) is 0 Å². The minimum Gasteiger partial charge on any atom is -0.354 e. The highest BCUT2D eigenvalue weighted by molar-refractivity contribution is 5.88. The summed E-state index contributed by atoms with van der Waals surface area (Å²) in [4.78, 5) is 13.0. The van der Waals surface area contributed by atoms with Crippen molar-refractivity contribution in [3.05, 3.63) is 24.5 Å². The third-order valence-corrected chi connectivity index (χ3v) is 2.25. The highest BCUT2D eigenvalue weighted by atomic mass is 16.1. The van der Waals surface area contributed by atoms with Gasteiger partial charge in [0, 0.05) is 25.4 Å². The van der Waals surface area contributed by atoms with Crippen molar-refractivity contribution in [1.82, 2.24) is 24.8 Å². The molecule has 0 radical (unpaired) electrons. The second kappa shape index (κ2) is 5.24. The maximum absolute atomic E-state index is 11.6. The lowest BCUT2D eigenvalue weighted by Crippen LogP contribution is -2.15. The number of nitrogens with zero attached hydrogens (tertiary/aromatic N) is 5. The number of aromatic nitrogens is 5. The van der Waals surface area contributed by atoms with Gasteiger partial charge in [-0.15, -0.1) is 5.10 Å². The smallest absolute Gasteiger partial charge is 0.270 e. The summed E-state index contributed by atoms with van der Waals surface area (Å²) in [6.45, 7) is 3.17. The number of nitrogens with one attached hydrogen (secondary N) is 1. The molecule has 1 N–H and O–H groups in total. The Balaban J connectivity index is 1.81. The van der Waals surface area contributed by atoms with Crippen molar-refractivity contribution in [2.24, 2.45) is 0 Å². The number of hydrogen-bond acceptors (Lipinski definition) is 4. The zero-order valence-electron chi connectivity index (χ0n) is 9.58. The van der Waals surface area contributed by atoms with E-state index in [0.29, 0.717) is 19.5 Å². The molecule has 0 aliphatic heterocycles. The van der Waals surface area contributed by atoms with E-state index in [9.17, 15) is 4.79 Å². The summed E-state index contributed by atoms with van der Waals surface area (Å²) in [5, 5.41) is 14.0. The summed E-state index contributed by atoms with van der Waals surface area (Å²) in [6, 6.07) is 3.85. The topological polar surface area (TPSA) is 77.6 Å². The van der Waals surface area contributed by atoms with Crippen LogP contribution in [0.15, 0.2) is 24.5 Å². The Kier molecular flexibility index (Phi) is 3.49. The van der Waals surface area contributed by atoms with Gasteiger partial charge in [-0.05, 0) is 24.3 Å². The van der Waals surface area contributed by atoms with E-state index in [4.69, 9.17) is 0 Å². The number of rotatable bonds is 5. The molecule has 2 rings (SSSR count). The fraction of sp³-hybridized carbons (Fsp3) is 0.400. The summed E-state index contributed by atoms with van der Waals surface area (Å²) in [7, 11) is 0. The van der Waals surface area contributed by atoms with Crippen LogP contribution in [-0.4, -0.2) is 30.7 Å². The number of hydrogen-bond donors (Lipinski definition) is 1. The summed E-state index contributed by atoms with van der Waals surface area (Å²) in [5.41, 5.74) is 0. The van der Waals surface area contributed by atoms with Crippen molar-refractivity contribution in [1.29, 1.82) is 0 Å². The average molecular weight is 234 g/mol. The Morgan fingerprint density at radius 1 is 1.41 bits per heavy atom. The van der Waals surface area contributed by atoms with Crippen LogP contribution in [0.5, 0.6) is 0 Å². The predicted octanol–water partition coefficient (Wildman–Crippen LogP) is 0.523. The highest BCUT2D eigenvalue weighted by Crippen LogP contribution is 1.98. The maximum atomic E-state index is 11.6. The molecule has 17 heavy (non-hydrogen) atoms. The Morgan fingerprint density at radius 3 is 2.82 bits per heavy atom. The summed E-state index contributed by atoms with van der Waals surface area (Å²) < 4.78 is 1.94. The molecule has 7 nitrogen and oxygen atoms in total. The van der Waals surface area contributed by atoms with Crippen molar-refractivity contribution in [2.45, 2.75) is 26.4 Å². The summed E-state index contributed by atoms with van der Waals surface area (Å²) in [6.07, 6.45) is 4.22. The maximum Gasteiger partial charge on any atom is 0.270 e. The molecule has 0 fully saturated rings. The molecule has 90 valence electrons. The first kappa shape index (κ1) is 11.3. The molecule has 0 unspecified atom stereocenters. The van der Waals surface area contributed by atoms with E-state index < -0.39 is 0 Å². The Labute approximate surface area is 98.4 Å². The molecule has 2 aromatic heterocycles. The number of anilines is 1. The van der Waals surface area contributed by atoms with E-state index in [2.05, 4.69) is 20.7 Å². The van der Waals surface area contributed by atoms with Crippen molar-refractivity contribution in [3.8, 4) is 0 Å². The van der Waals surface area contributed by atoms with E-state index in [1.54, 1.807) is 0 Å². The van der Waals surface area contributed by atoms with Crippen molar-refractivity contribution in [3.63, 3.8) is 0 Å². The molecule has 0 saturated carbocycles. The van der Waals surface area contributed by atoms with Crippen LogP contribution in [0.1, 0.15) is 13.3 Å². The zero-order valence-corrected chi connectivity index (χ0v) is 9.58. The van der Waals surface area contributed by atoms with Crippen molar-refractivity contribution in [2.75, 3.05) is 5.32 Å². The second-order valence-corrected chi connectivity index (χ2v) is 3.52. The SMILES string of the molecule is CCn1nnc(NC(=O)CCn2cccc2)n1. The van der Waals surface area contributed by atoms with Gasteiger partial charge in [0.05, 0.1) is 6.54 Å². The van der Waals surface area contributed by atoms with Gasteiger partial charge in [0.15, 0.2) is 0 Å². The Morgan fingerprint density at radius 2 is 2.18 bits per heavy atom. The lowest BCUT2D eigenvalue weighted by Gasteiger charge is -2.01. The minimum absolute atomic E-state index is 0.116. The molecule has 7 heteroatoms. The summed E-state index contributed by atoms with van der Waals surface area (Å²) >= 11 is 0. The summed E-state index contributed by atoms with van der Waals surface area (Å²) in [5.74, 6) is 0.138. The molecule has 0 atom stereocenters. The van der Waals surface area contributed by atoms with Gasteiger partial charge in [-0.3, -0.25) is 10.1 Å². The molecule has 1 amide bonds. The van der Waals surface area contributed by atoms with E-state index >= 15 is 0 Å². The van der Waals surface area contributed by atoms with Crippen molar-refractivity contribution < 1.29 is 4.79 Å². The molecular formula is C10H14N6O. The van der Waals surface area contributed by atoms with E-state index in [1.165, 1.54) is 4.80 Å². The van der Waals surface area contributed by atoms with Crippen LogP contribution in [0.4, 0.5) is 5.95 Å². The van der Waals surface area contributed by atoms with Crippen LogP contribution >= 0.6 is 0 Å². The van der Waals surface area contributed by atoms with Gasteiger partial charge in [-0.2, -0.15) is 4.80 Å². The molecule has 0 saturated heterocycles. The van der Waals surface area contributed by atoms with Crippen LogP contribution < -0.4 is 5.32 Å². The second-order valence-electron chi connectivity index (χ2n) is 3.52. The van der Waals surface area contributed by atoms with Gasteiger partial charge >= 0.3 is 0 Å². The fourth-order valence-corrected chi connectivity index (χ4v) is 1.36. The number of carbonyl (C=O) groups excluding carboxylic acids is 1. The Bertz CT molecular complexity index is 475. The van der Waals surface area contributed by atoms with E-state index in [1.807, 2.05) is 36.0 Å². The number of tetrazole rings is 1. The largest absolute Gasteiger partial charge is 0.354 e. The minimum atomic E-state index is -0.116. The molecular weight excluding hydrogens is 220 g/mol. The van der Waals surface area contributed by atoms with E-state index in [-0.39, 0.29) is 11.9 Å².